The molecule has 0 aliphatic heterocycles. The fourth-order valence-corrected chi connectivity index (χ4v) is 3.23. The van der Waals surface area contributed by atoms with Crippen LogP contribution in [0.25, 0.3) is 11.5 Å². The lowest BCUT2D eigenvalue weighted by atomic mass is 10.2. The molecule has 1 heterocycles. The Hall–Kier alpha value is -2.98. The Morgan fingerprint density at radius 1 is 1.11 bits per heavy atom. The second-order valence-corrected chi connectivity index (χ2v) is 8.16. The molecular weight excluding hydrogens is 389 g/mol. The van der Waals surface area contributed by atoms with Crippen molar-refractivity contribution in [2.45, 2.75) is 11.4 Å². The third-order valence-corrected chi connectivity index (χ3v) is 5.70. The highest BCUT2D eigenvalue weighted by Crippen LogP contribution is 2.18. The highest BCUT2D eigenvalue weighted by atomic mass is 32.2. The van der Waals surface area contributed by atoms with Gasteiger partial charge in [-0.25, -0.2) is 21.9 Å². The van der Waals surface area contributed by atoms with E-state index >= 15 is 0 Å². The minimum absolute atomic E-state index is 0.0863. The van der Waals surface area contributed by atoms with Gasteiger partial charge in [0.2, 0.25) is 15.9 Å². The zero-order chi connectivity index (χ0) is 20.3. The lowest BCUT2D eigenvalue weighted by Gasteiger charge is -2.12. The molecule has 0 aliphatic carbocycles. The number of ether oxygens (including phenoxy) is 1. The van der Waals surface area contributed by atoms with E-state index in [2.05, 4.69) is 5.10 Å². The summed E-state index contributed by atoms with van der Waals surface area (Å²) in [6.45, 7) is 0.246. The average molecular weight is 407 g/mol. The summed E-state index contributed by atoms with van der Waals surface area (Å²) in [6.07, 6.45) is 0. The van der Waals surface area contributed by atoms with Crippen LogP contribution in [0.15, 0.2) is 62.6 Å². The van der Waals surface area contributed by atoms with E-state index in [1.54, 1.807) is 0 Å². The Bertz CT molecular complexity index is 1100. The van der Waals surface area contributed by atoms with Gasteiger partial charge in [0, 0.05) is 19.7 Å². The van der Waals surface area contributed by atoms with Crippen LogP contribution < -0.4 is 10.5 Å². The maximum Gasteiger partial charge on any atom is 0.437 e. The number of halogens is 1. The molecular formula is C18H18FN3O5S. The molecule has 3 aromatic rings. The van der Waals surface area contributed by atoms with Crippen LogP contribution in [0.3, 0.4) is 0 Å². The van der Waals surface area contributed by atoms with Gasteiger partial charge in [-0.3, -0.25) is 0 Å². The molecule has 0 N–H and O–H groups in total. The molecule has 0 radical (unpaired) electrons. The molecule has 10 heteroatoms. The molecule has 0 atom stereocenters. The highest BCUT2D eigenvalue weighted by molar-refractivity contribution is 7.89. The van der Waals surface area contributed by atoms with Crippen molar-refractivity contribution in [3.05, 3.63) is 64.9 Å². The van der Waals surface area contributed by atoms with Gasteiger partial charge < -0.3 is 9.15 Å². The Balaban J connectivity index is 1.63. The van der Waals surface area contributed by atoms with Crippen molar-refractivity contribution < 1.29 is 22.0 Å². The van der Waals surface area contributed by atoms with Crippen molar-refractivity contribution in [3.63, 3.8) is 0 Å². The predicted octanol–water partition coefficient (Wildman–Crippen LogP) is 1.97. The van der Waals surface area contributed by atoms with Crippen molar-refractivity contribution >= 4 is 10.0 Å². The van der Waals surface area contributed by atoms with Gasteiger partial charge in [-0.05, 0) is 48.5 Å². The molecule has 3 rings (SSSR count). The van der Waals surface area contributed by atoms with Crippen LogP contribution in [-0.4, -0.2) is 43.2 Å². The van der Waals surface area contributed by atoms with Crippen molar-refractivity contribution in [3.8, 4) is 17.2 Å². The lowest BCUT2D eigenvalue weighted by Crippen LogP contribution is -2.22. The Morgan fingerprint density at radius 2 is 1.75 bits per heavy atom. The van der Waals surface area contributed by atoms with Crippen LogP contribution in [0.1, 0.15) is 0 Å². The van der Waals surface area contributed by atoms with Crippen LogP contribution in [0.4, 0.5) is 4.39 Å². The maximum atomic E-state index is 13.0. The quantitative estimate of drug-likeness (QED) is 0.594. The molecule has 28 heavy (non-hydrogen) atoms. The zero-order valence-corrected chi connectivity index (χ0v) is 16.0. The number of aromatic nitrogens is 2. The number of sulfonamides is 1. The Kier molecular flexibility index (Phi) is 5.61. The average Bonchev–Trinajstić information content (AvgIpc) is 3.03. The molecule has 0 saturated carbocycles. The third kappa shape index (κ3) is 4.29. The van der Waals surface area contributed by atoms with Gasteiger partial charge in [-0.2, -0.15) is 4.68 Å². The SMILES string of the molecule is CN(C)S(=O)(=O)c1ccc(OCCn2nc(-c3ccc(F)cc3)oc2=O)cc1. The normalized spacial score (nSPS) is 11.7. The van der Waals surface area contributed by atoms with Gasteiger partial charge in [0.05, 0.1) is 11.4 Å². The zero-order valence-electron chi connectivity index (χ0n) is 15.2. The summed E-state index contributed by atoms with van der Waals surface area (Å²) in [7, 11) is -0.595. The maximum absolute atomic E-state index is 13.0. The molecule has 8 nitrogen and oxygen atoms in total. The van der Waals surface area contributed by atoms with E-state index < -0.39 is 21.6 Å². The molecule has 0 bridgehead atoms. The number of rotatable bonds is 7. The van der Waals surface area contributed by atoms with Crippen molar-refractivity contribution in [1.82, 2.24) is 14.1 Å². The fourth-order valence-electron chi connectivity index (χ4n) is 2.33. The van der Waals surface area contributed by atoms with E-state index in [0.717, 1.165) is 8.99 Å². The number of benzene rings is 2. The predicted molar refractivity (Wildman–Crippen MR) is 99.0 cm³/mol. The minimum Gasteiger partial charge on any atom is -0.492 e. The van der Waals surface area contributed by atoms with Crippen molar-refractivity contribution in [2.24, 2.45) is 0 Å². The Morgan fingerprint density at radius 3 is 2.36 bits per heavy atom. The second-order valence-electron chi connectivity index (χ2n) is 6.01. The number of hydrogen-bond acceptors (Lipinski definition) is 6. The molecule has 0 spiro atoms. The van der Waals surface area contributed by atoms with E-state index in [9.17, 15) is 17.6 Å². The highest BCUT2D eigenvalue weighted by Gasteiger charge is 2.16. The van der Waals surface area contributed by atoms with Gasteiger partial charge >= 0.3 is 5.76 Å². The molecule has 0 unspecified atom stereocenters. The summed E-state index contributed by atoms with van der Waals surface area (Å²) in [5.41, 5.74) is 0.482. The summed E-state index contributed by atoms with van der Waals surface area (Å²) < 4.78 is 49.8. The summed E-state index contributed by atoms with van der Waals surface area (Å²) in [5.74, 6) is -0.519. The van der Waals surface area contributed by atoms with Gasteiger partial charge in [0.25, 0.3) is 0 Å². The van der Waals surface area contributed by atoms with E-state index in [0.29, 0.717) is 11.3 Å². The molecule has 1 aromatic heterocycles. The van der Waals surface area contributed by atoms with Gasteiger partial charge in [0.15, 0.2) is 0 Å². The third-order valence-electron chi connectivity index (χ3n) is 3.87. The summed E-state index contributed by atoms with van der Waals surface area (Å²) in [6, 6.07) is 11.4. The molecule has 0 aliphatic rings. The molecule has 0 amide bonds. The lowest BCUT2D eigenvalue weighted by molar-refractivity contribution is 0.285. The first-order valence-electron chi connectivity index (χ1n) is 8.26. The first-order valence-corrected chi connectivity index (χ1v) is 9.70. The molecule has 0 saturated heterocycles. The van der Waals surface area contributed by atoms with E-state index in [1.807, 2.05) is 0 Å². The van der Waals surface area contributed by atoms with Crippen LogP contribution >= 0.6 is 0 Å². The standard InChI is InChI=1S/C18H18FN3O5S/c1-21(2)28(24,25)16-9-7-15(8-10-16)26-12-11-22-18(23)27-17(20-22)13-3-5-14(19)6-4-13/h3-10H,11-12H2,1-2H3. The smallest absolute Gasteiger partial charge is 0.437 e. The summed E-state index contributed by atoms with van der Waals surface area (Å²) >= 11 is 0. The van der Waals surface area contributed by atoms with Gasteiger partial charge in [-0.15, -0.1) is 5.10 Å². The minimum atomic E-state index is -3.50. The van der Waals surface area contributed by atoms with E-state index in [-0.39, 0.29) is 23.9 Å². The largest absolute Gasteiger partial charge is 0.492 e. The van der Waals surface area contributed by atoms with E-state index in [4.69, 9.17) is 9.15 Å². The van der Waals surface area contributed by atoms with Crippen molar-refractivity contribution in [2.75, 3.05) is 20.7 Å². The van der Waals surface area contributed by atoms with Crippen molar-refractivity contribution in [1.29, 1.82) is 0 Å². The Labute approximate surface area is 160 Å². The monoisotopic (exact) mass is 407 g/mol. The molecule has 2 aromatic carbocycles. The van der Waals surface area contributed by atoms with Gasteiger partial charge in [0.1, 0.15) is 18.2 Å². The molecule has 0 fully saturated rings. The first kappa shape index (κ1) is 19.8. The van der Waals surface area contributed by atoms with Crippen LogP contribution in [0.2, 0.25) is 0 Å². The van der Waals surface area contributed by atoms with Crippen LogP contribution in [0, 0.1) is 5.82 Å². The second kappa shape index (κ2) is 7.95. The topological polar surface area (TPSA) is 94.6 Å². The first-order chi connectivity index (χ1) is 13.3. The van der Waals surface area contributed by atoms with Crippen LogP contribution in [0.5, 0.6) is 5.75 Å². The van der Waals surface area contributed by atoms with E-state index in [1.165, 1.54) is 62.6 Å². The summed E-state index contributed by atoms with van der Waals surface area (Å²) in [5, 5.41) is 4.06. The number of hydrogen-bond donors (Lipinski definition) is 0. The summed E-state index contributed by atoms with van der Waals surface area (Å²) in [4.78, 5) is 12.0. The van der Waals surface area contributed by atoms with Crippen LogP contribution in [-0.2, 0) is 16.6 Å². The fraction of sp³-hybridized carbons (Fsp3) is 0.222. The number of nitrogens with zero attached hydrogens (tertiary/aromatic N) is 3. The molecule has 148 valence electrons. The van der Waals surface area contributed by atoms with Gasteiger partial charge in [-0.1, -0.05) is 0 Å².